The second-order valence-electron chi connectivity index (χ2n) is 7.48. The highest BCUT2D eigenvalue weighted by Gasteiger charge is 2.33. The number of carbonyl (C=O) groups excluding carboxylic acids is 1. The number of halogens is 4. The Kier molecular flexibility index (Phi) is 7.42. The molecule has 3 aromatic rings. The average Bonchev–Trinajstić information content (AvgIpc) is 2.72. The van der Waals surface area contributed by atoms with Gasteiger partial charge in [-0.2, -0.15) is 13.2 Å². The van der Waals surface area contributed by atoms with E-state index in [-0.39, 0.29) is 16.3 Å². The Labute approximate surface area is 199 Å². The van der Waals surface area contributed by atoms with E-state index in [9.17, 15) is 26.4 Å². The van der Waals surface area contributed by atoms with Gasteiger partial charge >= 0.3 is 6.18 Å². The van der Waals surface area contributed by atoms with E-state index in [4.69, 9.17) is 16.3 Å². The SMILES string of the molecule is Cc1cc(C)cc(NS(=O)(=O)c2ccc(OCC(=O)Nc3ccc(Cl)c(C(F)(F)F)c3)cc2)c1. The summed E-state index contributed by atoms with van der Waals surface area (Å²) in [5.74, 6) is -0.504. The van der Waals surface area contributed by atoms with Crippen LogP contribution in [-0.2, 0) is 21.0 Å². The Hall–Kier alpha value is -3.24. The Morgan fingerprint density at radius 1 is 0.941 bits per heavy atom. The number of benzene rings is 3. The lowest BCUT2D eigenvalue weighted by Crippen LogP contribution is -2.20. The third kappa shape index (κ3) is 6.64. The normalized spacial score (nSPS) is 11.7. The van der Waals surface area contributed by atoms with E-state index in [1.165, 1.54) is 30.3 Å². The summed E-state index contributed by atoms with van der Waals surface area (Å²) in [6.07, 6.45) is -4.66. The number of anilines is 2. The predicted octanol–water partition coefficient (Wildman–Crippen LogP) is 5.79. The van der Waals surface area contributed by atoms with Crippen LogP contribution in [0.4, 0.5) is 24.5 Å². The molecule has 0 heterocycles. The number of nitrogens with one attached hydrogen (secondary N) is 2. The third-order valence-corrected chi connectivity index (χ3v) is 6.26. The number of amides is 1. The lowest BCUT2D eigenvalue weighted by atomic mass is 10.1. The van der Waals surface area contributed by atoms with Gasteiger partial charge < -0.3 is 10.1 Å². The van der Waals surface area contributed by atoms with Gasteiger partial charge in [0.05, 0.1) is 15.5 Å². The van der Waals surface area contributed by atoms with Gasteiger partial charge in [0.2, 0.25) is 0 Å². The minimum atomic E-state index is -4.66. The summed E-state index contributed by atoms with van der Waals surface area (Å²) < 4.78 is 71.9. The molecule has 0 spiro atoms. The van der Waals surface area contributed by atoms with Crippen molar-refractivity contribution < 1.29 is 31.1 Å². The molecule has 0 aliphatic rings. The average molecular weight is 513 g/mol. The standard InChI is InChI=1S/C23H20ClF3N2O4S/c1-14-9-15(2)11-17(10-14)29-34(31,32)19-6-4-18(5-7-19)33-13-22(30)28-16-3-8-21(24)20(12-16)23(25,26)27/h3-12,29H,13H2,1-2H3,(H,28,30). The zero-order valence-corrected chi connectivity index (χ0v) is 19.6. The fourth-order valence-electron chi connectivity index (χ4n) is 3.13. The highest BCUT2D eigenvalue weighted by atomic mass is 35.5. The van der Waals surface area contributed by atoms with Gasteiger partial charge in [-0.15, -0.1) is 0 Å². The number of hydrogen-bond acceptors (Lipinski definition) is 4. The van der Waals surface area contributed by atoms with Crippen LogP contribution in [0, 0.1) is 13.8 Å². The summed E-state index contributed by atoms with van der Waals surface area (Å²) in [6, 6.07) is 13.7. The van der Waals surface area contributed by atoms with Crippen molar-refractivity contribution in [2.45, 2.75) is 24.9 Å². The molecule has 2 N–H and O–H groups in total. The van der Waals surface area contributed by atoms with Crippen LogP contribution in [0.15, 0.2) is 65.6 Å². The van der Waals surface area contributed by atoms with Crippen molar-refractivity contribution in [3.8, 4) is 5.75 Å². The van der Waals surface area contributed by atoms with E-state index in [1.807, 2.05) is 19.9 Å². The molecule has 0 aromatic heterocycles. The monoisotopic (exact) mass is 512 g/mol. The minimum absolute atomic E-state index is 0.00990. The Morgan fingerprint density at radius 3 is 2.15 bits per heavy atom. The van der Waals surface area contributed by atoms with Crippen LogP contribution < -0.4 is 14.8 Å². The molecule has 0 radical (unpaired) electrons. The molecule has 0 saturated carbocycles. The molecule has 11 heteroatoms. The predicted molar refractivity (Wildman–Crippen MR) is 124 cm³/mol. The largest absolute Gasteiger partial charge is 0.484 e. The number of ether oxygens (including phenoxy) is 1. The molecule has 0 bridgehead atoms. The van der Waals surface area contributed by atoms with Gasteiger partial charge in [-0.25, -0.2) is 8.42 Å². The maximum Gasteiger partial charge on any atom is 0.417 e. The van der Waals surface area contributed by atoms with Gasteiger partial charge in [0, 0.05) is 11.4 Å². The maximum absolute atomic E-state index is 12.9. The van der Waals surface area contributed by atoms with Crippen molar-refractivity contribution in [1.29, 1.82) is 0 Å². The van der Waals surface area contributed by atoms with E-state index < -0.39 is 39.3 Å². The topological polar surface area (TPSA) is 84.5 Å². The van der Waals surface area contributed by atoms with Gasteiger partial charge in [-0.3, -0.25) is 9.52 Å². The first-order chi connectivity index (χ1) is 15.8. The lowest BCUT2D eigenvalue weighted by Gasteiger charge is -2.12. The van der Waals surface area contributed by atoms with Crippen LogP contribution in [-0.4, -0.2) is 20.9 Å². The number of sulfonamides is 1. The van der Waals surface area contributed by atoms with Crippen LogP contribution >= 0.6 is 11.6 Å². The number of rotatable bonds is 7. The van der Waals surface area contributed by atoms with Crippen LogP contribution in [0.5, 0.6) is 5.75 Å². The molecule has 0 saturated heterocycles. The summed E-state index contributed by atoms with van der Waals surface area (Å²) in [6.45, 7) is 3.21. The molecule has 0 atom stereocenters. The molecule has 0 aliphatic heterocycles. The molecule has 3 aromatic carbocycles. The molecular formula is C23H20ClF3N2O4S. The van der Waals surface area contributed by atoms with E-state index in [0.29, 0.717) is 5.69 Å². The summed E-state index contributed by atoms with van der Waals surface area (Å²) >= 11 is 5.56. The molecule has 0 unspecified atom stereocenters. The highest BCUT2D eigenvalue weighted by Crippen LogP contribution is 2.36. The van der Waals surface area contributed by atoms with Gasteiger partial charge in [-0.1, -0.05) is 17.7 Å². The minimum Gasteiger partial charge on any atom is -0.484 e. The Balaban J connectivity index is 1.61. The summed E-state index contributed by atoms with van der Waals surface area (Å²) in [5.41, 5.74) is 1.09. The van der Waals surface area contributed by atoms with Gasteiger partial charge in [-0.05, 0) is 79.6 Å². The maximum atomic E-state index is 12.9. The molecule has 180 valence electrons. The molecule has 34 heavy (non-hydrogen) atoms. The van der Waals surface area contributed by atoms with E-state index >= 15 is 0 Å². The molecule has 6 nitrogen and oxygen atoms in total. The van der Waals surface area contributed by atoms with Crippen molar-refractivity contribution >= 4 is 38.9 Å². The Bertz CT molecular complexity index is 1290. The number of aryl methyl sites for hydroxylation is 2. The van der Waals surface area contributed by atoms with Crippen molar-refractivity contribution in [3.05, 3.63) is 82.4 Å². The highest BCUT2D eigenvalue weighted by molar-refractivity contribution is 7.92. The van der Waals surface area contributed by atoms with Crippen molar-refractivity contribution in [3.63, 3.8) is 0 Å². The number of alkyl halides is 3. The number of carbonyl (C=O) groups is 1. The summed E-state index contributed by atoms with van der Waals surface area (Å²) in [4.78, 5) is 12.0. The zero-order valence-electron chi connectivity index (χ0n) is 18.0. The third-order valence-electron chi connectivity index (χ3n) is 4.53. The summed E-state index contributed by atoms with van der Waals surface area (Å²) in [5, 5.41) is 1.81. The second kappa shape index (κ2) is 9.94. The van der Waals surface area contributed by atoms with Gasteiger partial charge in [0.1, 0.15) is 5.75 Å². The smallest absolute Gasteiger partial charge is 0.417 e. The Morgan fingerprint density at radius 2 is 1.56 bits per heavy atom. The van der Waals surface area contributed by atoms with E-state index in [0.717, 1.165) is 23.3 Å². The number of hydrogen-bond donors (Lipinski definition) is 2. The lowest BCUT2D eigenvalue weighted by molar-refractivity contribution is -0.137. The van der Waals surface area contributed by atoms with Crippen molar-refractivity contribution in [1.82, 2.24) is 0 Å². The van der Waals surface area contributed by atoms with Crippen LogP contribution in [0.3, 0.4) is 0 Å². The second-order valence-corrected chi connectivity index (χ2v) is 9.57. The quantitative estimate of drug-likeness (QED) is 0.419. The van der Waals surface area contributed by atoms with Crippen molar-refractivity contribution in [2.24, 2.45) is 0 Å². The van der Waals surface area contributed by atoms with Crippen LogP contribution in [0.2, 0.25) is 5.02 Å². The zero-order chi connectivity index (χ0) is 25.1. The first kappa shape index (κ1) is 25.4. The van der Waals surface area contributed by atoms with Gasteiger partial charge in [0.15, 0.2) is 6.61 Å². The van der Waals surface area contributed by atoms with Crippen LogP contribution in [0.1, 0.15) is 16.7 Å². The van der Waals surface area contributed by atoms with Crippen LogP contribution in [0.25, 0.3) is 0 Å². The fourth-order valence-corrected chi connectivity index (χ4v) is 4.39. The molecule has 0 fully saturated rings. The molecule has 3 rings (SSSR count). The van der Waals surface area contributed by atoms with Crippen molar-refractivity contribution in [2.75, 3.05) is 16.6 Å². The molecular weight excluding hydrogens is 493 g/mol. The van der Waals surface area contributed by atoms with Gasteiger partial charge in [0.25, 0.3) is 15.9 Å². The first-order valence-corrected chi connectivity index (χ1v) is 11.7. The first-order valence-electron chi connectivity index (χ1n) is 9.84. The molecule has 0 aliphatic carbocycles. The fraction of sp³-hybridized carbons (Fsp3) is 0.174. The van der Waals surface area contributed by atoms with E-state index in [1.54, 1.807) is 12.1 Å². The molecule has 1 amide bonds. The van der Waals surface area contributed by atoms with E-state index in [2.05, 4.69) is 10.0 Å². The summed E-state index contributed by atoms with van der Waals surface area (Å²) in [7, 11) is -3.84.